The highest BCUT2D eigenvalue weighted by Crippen LogP contribution is 2.31. The van der Waals surface area contributed by atoms with Gasteiger partial charge < -0.3 is 15.4 Å². The number of hydrogen-bond acceptors (Lipinski definition) is 6. The van der Waals surface area contributed by atoms with Gasteiger partial charge in [0.2, 0.25) is 5.95 Å². The second-order valence-corrected chi connectivity index (χ2v) is 6.86. The molecule has 1 fully saturated rings. The second kappa shape index (κ2) is 9.02. The number of nitrogens with zero attached hydrogens (tertiary/aromatic N) is 3. The number of nitrogens with one attached hydrogen (secondary N) is 2. The zero-order valence-electron chi connectivity index (χ0n) is 15.6. The highest BCUT2D eigenvalue weighted by molar-refractivity contribution is 5.54. The molecule has 3 rings (SSSR count). The smallest absolute Gasteiger partial charge is 0.422 e. The minimum Gasteiger partial charge on any atom is -0.454 e. The number of hydrogen-bond donors (Lipinski definition) is 2. The van der Waals surface area contributed by atoms with Crippen LogP contribution in [0.15, 0.2) is 24.3 Å². The number of halogens is 6. The molecule has 164 valence electrons. The van der Waals surface area contributed by atoms with Crippen molar-refractivity contribution < 1.29 is 31.1 Å². The Kier molecular flexibility index (Phi) is 6.64. The Morgan fingerprint density at radius 2 is 1.77 bits per heavy atom. The molecule has 1 aromatic carbocycles. The summed E-state index contributed by atoms with van der Waals surface area (Å²) in [6.45, 7) is 0.0256. The van der Waals surface area contributed by atoms with Crippen molar-refractivity contribution in [3.63, 3.8) is 0 Å². The maximum atomic E-state index is 12.9. The summed E-state index contributed by atoms with van der Waals surface area (Å²) in [5.74, 6) is 0.250. The van der Waals surface area contributed by atoms with Crippen LogP contribution in [-0.4, -0.2) is 40.8 Å². The van der Waals surface area contributed by atoms with Crippen molar-refractivity contribution in [3.8, 4) is 6.01 Å². The van der Waals surface area contributed by atoms with E-state index < -0.39 is 30.5 Å². The largest absolute Gasteiger partial charge is 0.454 e. The van der Waals surface area contributed by atoms with Gasteiger partial charge in [-0.15, -0.1) is 0 Å². The molecule has 6 nitrogen and oxygen atoms in total. The maximum Gasteiger partial charge on any atom is 0.422 e. The molecule has 2 N–H and O–H groups in total. The van der Waals surface area contributed by atoms with E-state index in [2.05, 4.69) is 30.3 Å². The zero-order chi connectivity index (χ0) is 21.8. The highest BCUT2D eigenvalue weighted by Gasteiger charge is 2.31. The van der Waals surface area contributed by atoms with E-state index >= 15 is 0 Å². The number of ether oxygens (including phenoxy) is 1. The van der Waals surface area contributed by atoms with Crippen LogP contribution in [0, 0.1) is 5.92 Å². The van der Waals surface area contributed by atoms with Crippen LogP contribution in [0.4, 0.5) is 38.0 Å². The number of alkyl halides is 6. The summed E-state index contributed by atoms with van der Waals surface area (Å²) in [6, 6.07) is 3.78. The average molecular weight is 435 g/mol. The van der Waals surface area contributed by atoms with Crippen molar-refractivity contribution in [1.29, 1.82) is 0 Å². The molecule has 0 bridgehead atoms. The van der Waals surface area contributed by atoms with Gasteiger partial charge in [-0.2, -0.15) is 41.3 Å². The van der Waals surface area contributed by atoms with Gasteiger partial charge >= 0.3 is 18.4 Å². The minimum atomic E-state index is -4.59. The van der Waals surface area contributed by atoms with Gasteiger partial charge in [0.05, 0.1) is 5.56 Å². The fraction of sp³-hybridized carbons (Fsp3) is 0.500. The van der Waals surface area contributed by atoms with Crippen molar-refractivity contribution in [2.45, 2.75) is 31.6 Å². The second-order valence-electron chi connectivity index (χ2n) is 6.86. The van der Waals surface area contributed by atoms with E-state index in [4.69, 9.17) is 0 Å². The molecule has 1 aliphatic rings. The van der Waals surface area contributed by atoms with E-state index in [-0.39, 0.29) is 23.4 Å². The van der Waals surface area contributed by atoms with Gasteiger partial charge in [-0.05, 0) is 50.0 Å². The molecule has 12 heteroatoms. The van der Waals surface area contributed by atoms with Crippen LogP contribution in [0.3, 0.4) is 0 Å². The quantitative estimate of drug-likeness (QED) is 0.666. The molecule has 0 radical (unpaired) electrons. The molecular weight excluding hydrogens is 416 g/mol. The van der Waals surface area contributed by atoms with Gasteiger partial charge in [0.25, 0.3) is 0 Å². The van der Waals surface area contributed by atoms with E-state index in [9.17, 15) is 26.3 Å². The first-order chi connectivity index (χ1) is 14.1. The highest BCUT2D eigenvalue weighted by atomic mass is 19.4. The molecule has 0 saturated carbocycles. The van der Waals surface area contributed by atoms with Crippen LogP contribution in [0.25, 0.3) is 0 Å². The predicted octanol–water partition coefficient (Wildman–Crippen LogP) is 4.12. The number of rotatable bonds is 6. The van der Waals surface area contributed by atoms with Gasteiger partial charge in [-0.3, -0.25) is 0 Å². The van der Waals surface area contributed by atoms with E-state index in [0.29, 0.717) is 6.42 Å². The monoisotopic (exact) mass is 435 g/mol. The van der Waals surface area contributed by atoms with Crippen LogP contribution in [0.5, 0.6) is 6.01 Å². The van der Waals surface area contributed by atoms with Gasteiger partial charge in [-0.1, -0.05) is 6.07 Å². The Bertz CT molecular complexity index is 852. The third-order valence-electron chi connectivity index (χ3n) is 4.40. The maximum absolute atomic E-state index is 12.9. The Hall–Kier alpha value is -2.63. The van der Waals surface area contributed by atoms with Gasteiger partial charge in [0.1, 0.15) is 5.82 Å². The van der Waals surface area contributed by atoms with Crippen LogP contribution < -0.4 is 15.4 Å². The third-order valence-corrected chi connectivity index (χ3v) is 4.40. The lowest BCUT2D eigenvalue weighted by Crippen LogP contribution is -2.29. The standard InChI is InChI=1S/C18H19F6N5O/c19-17(20,21)10-30-16-28-14(8-11-4-6-25-7-5-11)27-15(29-16)26-13-3-1-2-12(9-13)18(22,23)24/h1-3,9,11,25H,4-8,10H2,(H,26,27,28,29). The Labute approximate surface area is 168 Å². The molecule has 0 unspecified atom stereocenters. The fourth-order valence-electron chi connectivity index (χ4n) is 3.00. The molecule has 0 aliphatic carbocycles. The summed E-state index contributed by atoms with van der Waals surface area (Å²) in [5, 5.41) is 5.80. The summed E-state index contributed by atoms with van der Waals surface area (Å²) < 4.78 is 80.8. The first-order valence-corrected chi connectivity index (χ1v) is 9.18. The summed E-state index contributed by atoms with van der Waals surface area (Å²) >= 11 is 0. The van der Waals surface area contributed by atoms with Crippen LogP contribution >= 0.6 is 0 Å². The molecule has 0 atom stereocenters. The topological polar surface area (TPSA) is 72.0 Å². The van der Waals surface area contributed by atoms with E-state index in [0.717, 1.165) is 38.1 Å². The van der Waals surface area contributed by atoms with Crippen molar-refractivity contribution in [2.24, 2.45) is 5.92 Å². The van der Waals surface area contributed by atoms with Gasteiger partial charge in [0, 0.05) is 12.1 Å². The first kappa shape index (κ1) is 22.1. The SMILES string of the molecule is FC(F)(F)COc1nc(CC2CCNCC2)nc(Nc2cccc(C(F)(F)F)c2)n1. The van der Waals surface area contributed by atoms with Crippen LogP contribution in [0.2, 0.25) is 0 Å². The number of anilines is 2. The molecule has 1 aromatic heterocycles. The zero-order valence-corrected chi connectivity index (χ0v) is 15.6. The Balaban J connectivity index is 1.83. The first-order valence-electron chi connectivity index (χ1n) is 9.18. The fourth-order valence-corrected chi connectivity index (χ4v) is 3.00. The average Bonchev–Trinajstić information content (AvgIpc) is 2.66. The molecule has 1 saturated heterocycles. The molecule has 30 heavy (non-hydrogen) atoms. The summed E-state index contributed by atoms with van der Waals surface area (Å²) in [4.78, 5) is 11.9. The molecule has 1 aliphatic heterocycles. The number of benzene rings is 1. The summed E-state index contributed by atoms with van der Waals surface area (Å²) in [6.07, 6.45) is -7.04. The normalized spacial score (nSPS) is 15.8. The van der Waals surface area contributed by atoms with Crippen molar-refractivity contribution >= 4 is 11.6 Å². The van der Waals surface area contributed by atoms with Crippen molar-refractivity contribution in [2.75, 3.05) is 25.0 Å². The number of piperidine rings is 1. The summed E-state index contributed by atoms with van der Waals surface area (Å²) in [5.41, 5.74) is -0.851. The minimum absolute atomic E-state index is 0.0330. The van der Waals surface area contributed by atoms with Gasteiger partial charge in [0.15, 0.2) is 6.61 Å². The Morgan fingerprint density at radius 1 is 1.03 bits per heavy atom. The van der Waals surface area contributed by atoms with Gasteiger partial charge in [-0.25, -0.2) is 0 Å². The molecule has 0 spiro atoms. The third kappa shape index (κ3) is 6.71. The van der Waals surface area contributed by atoms with E-state index in [1.165, 1.54) is 12.1 Å². The predicted molar refractivity (Wildman–Crippen MR) is 95.4 cm³/mol. The molecule has 0 amide bonds. The van der Waals surface area contributed by atoms with E-state index in [1.54, 1.807) is 0 Å². The molecular formula is C18H19F6N5O. The number of aromatic nitrogens is 3. The lowest BCUT2D eigenvalue weighted by Gasteiger charge is -2.22. The Morgan fingerprint density at radius 3 is 2.43 bits per heavy atom. The van der Waals surface area contributed by atoms with E-state index in [1.807, 2.05) is 0 Å². The molecule has 2 aromatic rings. The summed E-state index contributed by atoms with van der Waals surface area (Å²) in [7, 11) is 0. The van der Waals surface area contributed by atoms with Crippen molar-refractivity contribution in [1.82, 2.24) is 20.3 Å². The lowest BCUT2D eigenvalue weighted by molar-refractivity contribution is -0.154. The molecule has 2 heterocycles. The van der Waals surface area contributed by atoms with Crippen LogP contribution in [0.1, 0.15) is 24.2 Å². The lowest BCUT2D eigenvalue weighted by atomic mass is 9.94. The van der Waals surface area contributed by atoms with Crippen LogP contribution in [-0.2, 0) is 12.6 Å². The van der Waals surface area contributed by atoms with Crippen molar-refractivity contribution in [3.05, 3.63) is 35.7 Å².